The minimum atomic E-state index is 0.477. The molecule has 68 valence electrons. The molecule has 1 heteroatoms. The third kappa shape index (κ3) is 3.04. The average molecular weight is 165 g/mol. The topological polar surface area (TPSA) is 12.4 Å². The van der Waals surface area contributed by atoms with Gasteiger partial charge in [-0.2, -0.15) is 0 Å². The molecule has 12 heavy (non-hydrogen) atoms. The molecule has 0 aromatic rings. The van der Waals surface area contributed by atoms with E-state index in [-0.39, 0.29) is 0 Å². The second-order valence-corrected chi connectivity index (χ2v) is 3.60. The van der Waals surface area contributed by atoms with Gasteiger partial charge in [0.25, 0.3) is 0 Å². The van der Waals surface area contributed by atoms with Crippen molar-refractivity contribution in [3.63, 3.8) is 0 Å². The normalized spacial score (nSPS) is 12.3. The van der Waals surface area contributed by atoms with Crippen LogP contribution in [0.2, 0.25) is 0 Å². The van der Waals surface area contributed by atoms with Crippen molar-refractivity contribution in [2.24, 2.45) is 16.8 Å². The van der Waals surface area contributed by atoms with Crippen molar-refractivity contribution in [3.8, 4) is 0 Å². The van der Waals surface area contributed by atoms with Crippen LogP contribution in [0.1, 0.15) is 27.7 Å². The highest BCUT2D eigenvalue weighted by Crippen LogP contribution is 2.23. The Bertz CT molecular complexity index is 197. The minimum Gasteiger partial charge on any atom is -0.272 e. The van der Waals surface area contributed by atoms with E-state index in [0.29, 0.717) is 11.8 Å². The minimum absolute atomic E-state index is 0.477. The van der Waals surface area contributed by atoms with Gasteiger partial charge in [0, 0.05) is 6.20 Å². The highest BCUT2D eigenvalue weighted by atomic mass is 14.6. The Morgan fingerprint density at radius 3 is 1.92 bits per heavy atom. The maximum absolute atomic E-state index is 4.04. The Morgan fingerprint density at radius 1 is 1.17 bits per heavy atom. The predicted octanol–water partition coefficient (Wildman–Crippen LogP) is 3.44. The molecule has 0 saturated carbocycles. The molecular weight excluding hydrogens is 146 g/mol. The maximum atomic E-state index is 4.04. The summed E-state index contributed by atoms with van der Waals surface area (Å²) in [5, 5.41) is 0. The zero-order valence-electron chi connectivity index (χ0n) is 8.59. The lowest BCUT2D eigenvalue weighted by Gasteiger charge is -2.16. The summed E-state index contributed by atoms with van der Waals surface area (Å²) < 4.78 is 0. The van der Waals surface area contributed by atoms with Gasteiger partial charge in [0.2, 0.25) is 0 Å². The SMILES string of the molecule is C=N/C=C(\C(=C)C(C)C)C(C)C. The molecule has 0 fully saturated rings. The first kappa shape index (κ1) is 11.2. The first-order valence-corrected chi connectivity index (χ1v) is 4.35. The second kappa shape index (κ2) is 4.91. The summed E-state index contributed by atoms with van der Waals surface area (Å²) in [6, 6.07) is 0. The Morgan fingerprint density at radius 2 is 1.67 bits per heavy atom. The molecule has 0 aliphatic rings. The monoisotopic (exact) mass is 165 g/mol. The standard InChI is InChI=1S/C11H19N/c1-8(2)10(5)11(7-12-6)9(3)4/h7-9H,5-6H2,1-4H3/b11-7-. The zero-order chi connectivity index (χ0) is 9.72. The van der Waals surface area contributed by atoms with Crippen LogP contribution < -0.4 is 0 Å². The van der Waals surface area contributed by atoms with Crippen LogP contribution in [0.25, 0.3) is 0 Å². The average Bonchev–Trinajstić information content (AvgIpc) is 1.98. The van der Waals surface area contributed by atoms with Crippen molar-refractivity contribution in [3.05, 3.63) is 23.9 Å². The lowest BCUT2D eigenvalue weighted by atomic mass is 9.90. The van der Waals surface area contributed by atoms with Gasteiger partial charge in [-0.15, -0.1) is 0 Å². The molecular formula is C11H19N. The van der Waals surface area contributed by atoms with Crippen LogP contribution in [-0.4, -0.2) is 6.72 Å². The third-order valence-electron chi connectivity index (χ3n) is 1.92. The summed E-state index contributed by atoms with van der Waals surface area (Å²) in [6.07, 6.45) is 1.81. The molecule has 0 aliphatic heterocycles. The fraction of sp³-hybridized carbons (Fsp3) is 0.545. The maximum Gasteiger partial charge on any atom is 0.0297 e. The molecule has 1 nitrogen and oxygen atoms in total. The lowest BCUT2D eigenvalue weighted by molar-refractivity contribution is 0.702. The van der Waals surface area contributed by atoms with Crippen molar-refractivity contribution >= 4 is 6.72 Å². The van der Waals surface area contributed by atoms with Gasteiger partial charge in [0.15, 0.2) is 0 Å². The molecule has 0 spiro atoms. The fourth-order valence-electron chi connectivity index (χ4n) is 1.03. The Hall–Kier alpha value is -0.850. The molecule has 0 amide bonds. The quantitative estimate of drug-likeness (QED) is 0.447. The molecule has 0 aromatic carbocycles. The van der Waals surface area contributed by atoms with E-state index in [0.717, 1.165) is 5.57 Å². The van der Waals surface area contributed by atoms with E-state index in [9.17, 15) is 0 Å². The van der Waals surface area contributed by atoms with Gasteiger partial charge in [-0.25, -0.2) is 0 Å². The van der Waals surface area contributed by atoms with Gasteiger partial charge in [-0.1, -0.05) is 34.3 Å². The van der Waals surface area contributed by atoms with Crippen molar-refractivity contribution in [2.75, 3.05) is 0 Å². The lowest BCUT2D eigenvalue weighted by Crippen LogP contribution is -2.02. The van der Waals surface area contributed by atoms with Crippen molar-refractivity contribution in [2.45, 2.75) is 27.7 Å². The Labute approximate surface area is 75.9 Å². The summed E-state index contributed by atoms with van der Waals surface area (Å²) in [7, 11) is 0. The predicted molar refractivity (Wildman–Crippen MR) is 56.4 cm³/mol. The molecule has 0 saturated heterocycles. The van der Waals surface area contributed by atoms with E-state index in [1.165, 1.54) is 5.57 Å². The Kier molecular flexibility index (Phi) is 4.57. The molecule has 0 heterocycles. The summed E-state index contributed by atoms with van der Waals surface area (Å²) >= 11 is 0. The van der Waals surface area contributed by atoms with Crippen LogP contribution in [-0.2, 0) is 0 Å². The van der Waals surface area contributed by atoms with E-state index in [1.807, 2.05) is 6.20 Å². The van der Waals surface area contributed by atoms with Crippen LogP contribution in [0.5, 0.6) is 0 Å². The van der Waals surface area contributed by atoms with Crippen LogP contribution in [0.4, 0.5) is 0 Å². The number of hydrogen-bond acceptors (Lipinski definition) is 1. The van der Waals surface area contributed by atoms with E-state index in [4.69, 9.17) is 0 Å². The molecule has 0 aromatic heterocycles. The van der Waals surface area contributed by atoms with E-state index in [2.05, 4.69) is 46.0 Å². The smallest absolute Gasteiger partial charge is 0.0297 e. The largest absolute Gasteiger partial charge is 0.272 e. The van der Waals surface area contributed by atoms with E-state index in [1.54, 1.807) is 0 Å². The van der Waals surface area contributed by atoms with E-state index >= 15 is 0 Å². The third-order valence-corrected chi connectivity index (χ3v) is 1.92. The molecule has 0 unspecified atom stereocenters. The van der Waals surface area contributed by atoms with Gasteiger partial charge in [-0.3, -0.25) is 4.99 Å². The molecule has 0 N–H and O–H groups in total. The van der Waals surface area contributed by atoms with Gasteiger partial charge in [0.1, 0.15) is 0 Å². The number of nitrogens with zero attached hydrogens (tertiary/aromatic N) is 1. The fourth-order valence-corrected chi connectivity index (χ4v) is 1.03. The number of allylic oxidation sites excluding steroid dienone is 2. The van der Waals surface area contributed by atoms with Crippen LogP contribution in [0.3, 0.4) is 0 Å². The van der Waals surface area contributed by atoms with Gasteiger partial charge >= 0.3 is 0 Å². The van der Waals surface area contributed by atoms with Gasteiger partial charge < -0.3 is 0 Å². The van der Waals surface area contributed by atoms with Crippen LogP contribution in [0, 0.1) is 11.8 Å². The summed E-state index contributed by atoms with van der Waals surface area (Å²) in [5.74, 6) is 0.964. The molecule has 0 bridgehead atoms. The number of aliphatic imine (C=N–C) groups is 1. The van der Waals surface area contributed by atoms with Crippen LogP contribution in [0.15, 0.2) is 28.9 Å². The molecule has 0 rings (SSSR count). The molecule has 0 aliphatic carbocycles. The van der Waals surface area contributed by atoms with Crippen molar-refractivity contribution < 1.29 is 0 Å². The highest BCUT2D eigenvalue weighted by molar-refractivity contribution is 5.34. The Balaban J connectivity index is 4.64. The second-order valence-electron chi connectivity index (χ2n) is 3.60. The number of rotatable bonds is 4. The zero-order valence-corrected chi connectivity index (χ0v) is 8.59. The first-order chi connectivity index (χ1) is 5.50. The molecule has 0 atom stereocenters. The number of hydrogen-bond donors (Lipinski definition) is 0. The van der Waals surface area contributed by atoms with Gasteiger partial charge in [0.05, 0.1) is 0 Å². The van der Waals surface area contributed by atoms with Crippen LogP contribution >= 0.6 is 0 Å². The van der Waals surface area contributed by atoms with Crippen molar-refractivity contribution in [1.29, 1.82) is 0 Å². The highest BCUT2D eigenvalue weighted by Gasteiger charge is 2.09. The molecule has 0 radical (unpaired) electrons. The van der Waals surface area contributed by atoms with Crippen molar-refractivity contribution in [1.82, 2.24) is 0 Å². The summed E-state index contributed by atoms with van der Waals surface area (Å²) in [4.78, 5) is 3.79. The van der Waals surface area contributed by atoms with Gasteiger partial charge in [-0.05, 0) is 29.7 Å². The summed E-state index contributed by atoms with van der Waals surface area (Å²) in [5.41, 5.74) is 2.37. The first-order valence-electron chi connectivity index (χ1n) is 4.35. The van der Waals surface area contributed by atoms with E-state index < -0.39 is 0 Å². The summed E-state index contributed by atoms with van der Waals surface area (Å²) in [6.45, 7) is 16.1.